The Hall–Kier alpha value is -1.59. The molecule has 0 aromatic heterocycles. The average Bonchev–Trinajstić information content (AvgIpc) is 2.61. The Kier molecular flexibility index (Phi) is 8.92. The molecule has 0 saturated carbocycles. The number of hydrogen-bond donors (Lipinski definition) is 1. The summed E-state index contributed by atoms with van der Waals surface area (Å²) in [6.07, 6.45) is 6.25. The van der Waals surface area contributed by atoms with Gasteiger partial charge in [0.1, 0.15) is 5.75 Å². The molecule has 0 unspecified atom stereocenters. The van der Waals surface area contributed by atoms with Crippen molar-refractivity contribution in [1.29, 1.82) is 0 Å². The Morgan fingerprint density at radius 1 is 1.19 bits per heavy atom. The van der Waals surface area contributed by atoms with Crippen LogP contribution >= 0.6 is 0 Å². The standard InChI is InChI=1S/C21H34N2O3/c1-3-4-5-6-7-14-26-20-10-8-18(9-11-20)15-23-16-19(17-23)21(25)22(2)12-13-24/h8-11,19,24H,3-7,12-17H2,1-2H3. The van der Waals surface area contributed by atoms with E-state index in [1.54, 1.807) is 11.9 Å². The number of benzene rings is 1. The Morgan fingerprint density at radius 3 is 2.54 bits per heavy atom. The highest BCUT2D eigenvalue weighted by Crippen LogP contribution is 2.21. The van der Waals surface area contributed by atoms with E-state index in [1.165, 1.54) is 31.2 Å². The van der Waals surface area contributed by atoms with Crippen LogP contribution < -0.4 is 4.74 Å². The summed E-state index contributed by atoms with van der Waals surface area (Å²) in [5.74, 6) is 1.14. The van der Waals surface area contributed by atoms with E-state index in [2.05, 4.69) is 24.0 Å². The predicted molar refractivity (Wildman–Crippen MR) is 104 cm³/mol. The van der Waals surface area contributed by atoms with Gasteiger partial charge in [-0.2, -0.15) is 0 Å². The van der Waals surface area contributed by atoms with Gasteiger partial charge in [-0.3, -0.25) is 9.69 Å². The first-order valence-electron chi connectivity index (χ1n) is 9.94. The van der Waals surface area contributed by atoms with Crippen LogP contribution in [0.25, 0.3) is 0 Å². The molecule has 146 valence electrons. The molecule has 1 aromatic carbocycles. The van der Waals surface area contributed by atoms with Crippen LogP contribution in [0.1, 0.15) is 44.6 Å². The second kappa shape index (κ2) is 11.2. The van der Waals surface area contributed by atoms with E-state index in [9.17, 15) is 4.79 Å². The van der Waals surface area contributed by atoms with Gasteiger partial charge in [-0.05, 0) is 24.1 Å². The first-order chi connectivity index (χ1) is 12.6. The summed E-state index contributed by atoms with van der Waals surface area (Å²) in [5, 5.41) is 8.92. The summed E-state index contributed by atoms with van der Waals surface area (Å²) < 4.78 is 5.80. The highest BCUT2D eigenvalue weighted by Gasteiger charge is 2.33. The number of aliphatic hydroxyl groups is 1. The van der Waals surface area contributed by atoms with Crippen molar-refractivity contribution in [2.24, 2.45) is 5.92 Å². The van der Waals surface area contributed by atoms with Crippen LogP contribution in [0, 0.1) is 5.92 Å². The average molecular weight is 363 g/mol. The zero-order valence-corrected chi connectivity index (χ0v) is 16.3. The summed E-state index contributed by atoms with van der Waals surface area (Å²) in [7, 11) is 1.75. The van der Waals surface area contributed by atoms with Gasteiger partial charge in [0.05, 0.1) is 19.1 Å². The van der Waals surface area contributed by atoms with E-state index in [4.69, 9.17) is 9.84 Å². The fourth-order valence-corrected chi connectivity index (χ4v) is 3.27. The number of likely N-dealkylation sites (tertiary alicyclic amines) is 1. The molecule has 0 atom stereocenters. The summed E-state index contributed by atoms with van der Waals surface area (Å²) in [4.78, 5) is 16.0. The molecule has 1 aliphatic rings. The Bertz CT molecular complexity index is 527. The SMILES string of the molecule is CCCCCCCOc1ccc(CN2CC(C(=O)N(C)CCO)C2)cc1. The number of amides is 1. The van der Waals surface area contributed by atoms with Gasteiger partial charge in [0.2, 0.25) is 5.91 Å². The van der Waals surface area contributed by atoms with E-state index in [0.29, 0.717) is 6.54 Å². The van der Waals surface area contributed by atoms with Gasteiger partial charge < -0.3 is 14.7 Å². The van der Waals surface area contributed by atoms with Gasteiger partial charge in [0, 0.05) is 33.2 Å². The smallest absolute Gasteiger partial charge is 0.228 e. The number of aliphatic hydroxyl groups excluding tert-OH is 1. The van der Waals surface area contributed by atoms with Crippen LogP contribution in [0.2, 0.25) is 0 Å². The molecule has 1 amide bonds. The van der Waals surface area contributed by atoms with E-state index < -0.39 is 0 Å². The number of ether oxygens (including phenoxy) is 1. The van der Waals surface area contributed by atoms with Crippen molar-refractivity contribution in [3.63, 3.8) is 0 Å². The van der Waals surface area contributed by atoms with E-state index in [-0.39, 0.29) is 18.4 Å². The number of rotatable bonds is 12. The van der Waals surface area contributed by atoms with Crippen LogP contribution in [-0.2, 0) is 11.3 Å². The summed E-state index contributed by atoms with van der Waals surface area (Å²) >= 11 is 0. The molecule has 1 aromatic rings. The van der Waals surface area contributed by atoms with Gasteiger partial charge in [0.15, 0.2) is 0 Å². The summed E-state index contributed by atoms with van der Waals surface area (Å²) in [5.41, 5.74) is 1.25. The first kappa shape index (κ1) is 20.7. The van der Waals surface area contributed by atoms with Gasteiger partial charge in [0.25, 0.3) is 0 Å². The fourth-order valence-electron chi connectivity index (χ4n) is 3.27. The number of carbonyl (C=O) groups is 1. The van der Waals surface area contributed by atoms with Crippen molar-refractivity contribution in [2.75, 3.05) is 39.9 Å². The summed E-state index contributed by atoms with van der Waals surface area (Å²) in [6, 6.07) is 8.30. The Balaban J connectivity index is 1.63. The van der Waals surface area contributed by atoms with Crippen molar-refractivity contribution in [1.82, 2.24) is 9.80 Å². The molecular weight excluding hydrogens is 328 g/mol. The first-order valence-corrected chi connectivity index (χ1v) is 9.94. The zero-order valence-electron chi connectivity index (χ0n) is 16.3. The second-order valence-electron chi connectivity index (χ2n) is 7.28. The largest absolute Gasteiger partial charge is 0.494 e. The maximum absolute atomic E-state index is 12.1. The van der Waals surface area contributed by atoms with Crippen molar-refractivity contribution in [2.45, 2.75) is 45.6 Å². The predicted octanol–water partition coefficient (Wildman–Crippen LogP) is 2.92. The molecule has 5 heteroatoms. The van der Waals surface area contributed by atoms with Gasteiger partial charge in [-0.1, -0.05) is 44.7 Å². The fraction of sp³-hybridized carbons (Fsp3) is 0.667. The third kappa shape index (κ3) is 6.61. The lowest BCUT2D eigenvalue weighted by molar-refractivity contribution is -0.140. The van der Waals surface area contributed by atoms with Crippen LogP contribution in [0.3, 0.4) is 0 Å². The minimum atomic E-state index is 0.0197. The van der Waals surface area contributed by atoms with Crippen molar-refractivity contribution in [3.8, 4) is 5.75 Å². The van der Waals surface area contributed by atoms with Crippen molar-refractivity contribution >= 4 is 5.91 Å². The van der Waals surface area contributed by atoms with E-state index in [1.807, 2.05) is 12.1 Å². The molecule has 0 bridgehead atoms. The highest BCUT2D eigenvalue weighted by molar-refractivity contribution is 5.79. The molecule has 1 fully saturated rings. The number of likely N-dealkylation sites (N-methyl/N-ethyl adjacent to an activating group) is 1. The Labute approximate surface area is 157 Å². The molecule has 2 rings (SSSR count). The van der Waals surface area contributed by atoms with Crippen LogP contribution in [0.5, 0.6) is 5.75 Å². The third-order valence-corrected chi connectivity index (χ3v) is 4.96. The van der Waals surface area contributed by atoms with Gasteiger partial charge in [-0.15, -0.1) is 0 Å². The zero-order chi connectivity index (χ0) is 18.8. The molecule has 1 saturated heterocycles. The number of carbonyl (C=O) groups excluding carboxylic acids is 1. The monoisotopic (exact) mass is 362 g/mol. The quantitative estimate of drug-likeness (QED) is 0.581. The summed E-state index contributed by atoms with van der Waals surface area (Å²) in [6.45, 7) is 5.91. The van der Waals surface area contributed by atoms with E-state index >= 15 is 0 Å². The second-order valence-corrected chi connectivity index (χ2v) is 7.28. The van der Waals surface area contributed by atoms with Crippen LogP contribution in [0.4, 0.5) is 0 Å². The minimum absolute atomic E-state index is 0.0197. The molecule has 26 heavy (non-hydrogen) atoms. The number of nitrogens with zero attached hydrogens (tertiary/aromatic N) is 2. The normalized spacial score (nSPS) is 14.9. The third-order valence-electron chi connectivity index (χ3n) is 4.96. The maximum Gasteiger partial charge on any atom is 0.228 e. The Morgan fingerprint density at radius 2 is 1.88 bits per heavy atom. The molecule has 1 N–H and O–H groups in total. The van der Waals surface area contributed by atoms with Crippen LogP contribution in [-0.4, -0.2) is 60.7 Å². The molecular formula is C21H34N2O3. The topological polar surface area (TPSA) is 53.0 Å². The lowest BCUT2D eigenvalue weighted by atomic mass is 9.97. The van der Waals surface area contributed by atoms with E-state index in [0.717, 1.165) is 38.4 Å². The lowest BCUT2D eigenvalue weighted by Gasteiger charge is -2.39. The molecule has 0 aliphatic carbocycles. The van der Waals surface area contributed by atoms with Crippen molar-refractivity contribution in [3.05, 3.63) is 29.8 Å². The van der Waals surface area contributed by atoms with Crippen LogP contribution in [0.15, 0.2) is 24.3 Å². The highest BCUT2D eigenvalue weighted by atomic mass is 16.5. The number of unbranched alkanes of at least 4 members (excludes halogenated alkanes) is 4. The molecule has 1 heterocycles. The molecule has 0 spiro atoms. The molecule has 0 radical (unpaired) electrons. The molecule has 1 aliphatic heterocycles. The van der Waals surface area contributed by atoms with Gasteiger partial charge in [-0.25, -0.2) is 0 Å². The van der Waals surface area contributed by atoms with Gasteiger partial charge >= 0.3 is 0 Å². The maximum atomic E-state index is 12.1. The molecule has 5 nitrogen and oxygen atoms in total. The lowest BCUT2D eigenvalue weighted by Crippen LogP contribution is -2.53. The minimum Gasteiger partial charge on any atom is -0.494 e. The number of hydrogen-bond acceptors (Lipinski definition) is 4. The van der Waals surface area contributed by atoms with Crippen molar-refractivity contribution < 1.29 is 14.6 Å².